The van der Waals surface area contributed by atoms with Gasteiger partial charge >= 0.3 is 0 Å². The van der Waals surface area contributed by atoms with Crippen molar-refractivity contribution in [1.82, 2.24) is 5.32 Å². The SMILES string of the molecule is N#Cc1c(F)cc(C2(O)CC3CCC(C2)N3)cc1F. The molecule has 1 aromatic carbocycles. The monoisotopic (exact) mass is 264 g/mol. The molecule has 0 amide bonds. The van der Waals surface area contributed by atoms with Gasteiger partial charge < -0.3 is 10.4 Å². The molecular weight excluding hydrogens is 250 g/mol. The highest BCUT2D eigenvalue weighted by atomic mass is 19.1. The number of fused-ring (bicyclic) bond motifs is 2. The van der Waals surface area contributed by atoms with Gasteiger partial charge in [-0.1, -0.05) is 0 Å². The Balaban J connectivity index is 2.00. The largest absolute Gasteiger partial charge is 0.385 e. The summed E-state index contributed by atoms with van der Waals surface area (Å²) in [5.74, 6) is -1.81. The predicted octanol–water partition coefficient (Wildman–Crippen LogP) is 1.94. The molecule has 2 fully saturated rings. The van der Waals surface area contributed by atoms with Crippen LogP contribution in [-0.2, 0) is 5.60 Å². The van der Waals surface area contributed by atoms with Gasteiger partial charge in [-0.25, -0.2) is 8.78 Å². The van der Waals surface area contributed by atoms with E-state index in [-0.39, 0.29) is 17.6 Å². The van der Waals surface area contributed by atoms with Crippen LogP contribution in [0.2, 0.25) is 0 Å². The third kappa shape index (κ3) is 2.01. The number of aliphatic hydroxyl groups is 1. The highest BCUT2D eigenvalue weighted by Crippen LogP contribution is 2.41. The molecule has 5 heteroatoms. The van der Waals surface area contributed by atoms with E-state index in [1.165, 1.54) is 6.07 Å². The zero-order valence-corrected chi connectivity index (χ0v) is 10.3. The van der Waals surface area contributed by atoms with Gasteiger partial charge in [0.15, 0.2) is 0 Å². The van der Waals surface area contributed by atoms with Gasteiger partial charge in [0.2, 0.25) is 0 Å². The van der Waals surface area contributed by atoms with Gasteiger partial charge in [0.25, 0.3) is 0 Å². The second-order valence-electron chi connectivity index (χ2n) is 5.50. The number of halogens is 2. The van der Waals surface area contributed by atoms with Gasteiger partial charge in [0.05, 0.1) is 5.60 Å². The molecule has 2 aliphatic heterocycles. The summed E-state index contributed by atoms with van der Waals surface area (Å²) in [6.45, 7) is 0. The number of hydrogen-bond donors (Lipinski definition) is 2. The van der Waals surface area contributed by atoms with E-state index in [2.05, 4.69) is 5.32 Å². The van der Waals surface area contributed by atoms with E-state index in [0.717, 1.165) is 25.0 Å². The lowest BCUT2D eigenvalue weighted by atomic mass is 9.81. The van der Waals surface area contributed by atoms with Crippen LogP contribution in [0, 0.1) is 23.0 Å². The summed E-state index contributed by atoms with van der Waals surface area (Å²) >= 11 is 0. The van der Waals surface area contributed by atoms with Crippen molar-refractivity contribution in [2.24, 2.45) is 0 Å². The van der Waals surface area contributed by atoms with Crippen molar-refractivity contribution < 1.29 is 13.9 Å². The first kappa shape index (κ1) is 12.5. The van der Waals surface area contributed by atoms with Gasteiger partial charge in [-0.2, -0.15) is 5.26 Å². The van der Waals surface area contributed by atoms with Crippen LogP contribution in [0.4, 0.5) is 8.78 Å². The fourth-order valence-electron chi connectivity index (χ4n) is 3.31. The minimum absolute atomic E-state index is 0.200. The number of benzene rings is 1. The fourth-order valence-corrected chi connectivity index (χ4v) is 3.31. The van der Waals surface area contributed by atoms with E-state index < -0.39 is 22.8 Å². The molecule has 2 bridgehead atoms. The molecule has 2 N–H and O–H groups in total. The zero-order valence-electron chi connectivity index (χ0n) is 10.3. The number of hydrogen-bond acceptors (Lipinski definition) is 3. The first-order valence-electron chi connectivity index (χ1n) is 6.40. The Labute approximate surface area is 109 Å². The van der Waals surface area contributed by atoms with Gasteiger partial charge in [-0.05, 0) is 43.4 Å². The van der Waals surface area contributed by atoms with Crippen LogP contribution in [-0.4, -0.2) is 17.2 Å². The standard InChI is InChI=1S/C14H14F2N2O/c15-12-3-8(4-13(16)11(12)7-17)14(19)5-9-1-2-10(6-14)18-9/h3-4,9-10,18-19H,1-2,5-6H2. The van der Waals surface area contributed by atoms with Crippen molar-refractivity contribution in [2.75, 3.05) is 0 Å². The number of piperidine rings is 1. The van der Waals surface area contributed by atoms with E-state index in [0.29, 0.717) is 12.8 Å². The molecule has 0 saturated carbocycles. The normalized spacial score (nSPS) is 33.2. The molecule has 0 spiro atoms. The Bertz CT molecular complexity index is 532. The Kier molecular flexibility index (Phi) is 2.80. The second-order valence-corrected chi connectivity index (χ2v) is 5.50. The molecule has 2 atom stereocenters. The lowest BCUT2D eigenvalue weighted by Gasteiger charge is -2.37. The summed E-state index contributed by atoms with van der Waals surface area (Å²) in [4.78, 5) is 0. The minimum atomic E-state index is -1.20. The molecule has 0 aromatic heterocycles. The van der Waals surface area contributed by atoms with E-state index in [4.69, 9.17) is 5.26 Å². The zero-order chi connectivity index (χ0) is 13.6. The molecule has 2 aliphatic rings. The second kappa shape index (κ2) is 4.26. The molecule has 100 valence electrons. The summed E-state index contributed by atoms with van der Waals surface area (Å²) in [5, 5.41) is 22.7. The van der Waals surface area contributed by atoms with Crippen molar-refractivity contribution in [2.45, 2.75) is 43.4 Å². The summed E-state index contributed by atoms with van der Waals surface area (Å²) in [5.41, 5.74) is -1.56. The highest BCUT2D eigenvalue weighted by molar-refractivity contribution is 5.37. The van der Waals surface area contributed by atoms with E-state index in [1.807, 2.05) is 0 Å². The van der Waals surface area contributed by atoms with Crippen molar-refractivity contribution in [3.63, 3.8) is 0 Å². The summed E-state index contributed by atoms with van der Waals surface area (Å²) in [6, 6.07) is 4.07. The Morgan fingerprint density at radius 3 is 2.21 bits per heavy atom. The van der Waals surface area contributed by atoms with Crippen molar-refractivity contribution in [3.8, 4) is 6.07 Å². The van der Waals surface area contributed by atoms with Crippen molar-refractivity contribution in [1.29, 1.82) is 5.26 Å². The molecule has 1 aromatic rings. The van der Waals surface area contributed by atoms with E-state index in [1.54, 1.807) is 0 Å². The van der Waals surface area contributed by atoms with Crippen molar-refractivity contribution >= 4 is 0 Å². The molecule has 19 heavy (non-hydrogen) atoms. The van der Waals surface area contributed by atoms with Crippen LogP contribution >= 0.6 is 0 Å². The molecule has 2 unspecified atom stereocenters. The molecule has 2 heterocycles. The summed E-state index contributed by atoms with van der Waals surface area (Å²) in [7, 11) is 0. The number of rotatable bonds is 1. The van der Waals surface area contributed by atoms with E-state index >= 15 is 0 Å². The highest BCUT2D eigenvalue weighted by Gasteiger charge is 2.43. The molecule has 0 radical (unpaired) electrons. The smallest absolute Gasteiger partial charge is 0.144 e. The predicted molar refractivity (Wildman–Crippen MR) is 64.1 cm³/mol. The average molecular weight is 264 g/mol. The topological polar surface area (TPSA) is 56.0 Å². The number of nitriles is 1. The lowest BCUT2D eigenvalue weighted by molar-refractivity contribution is -0.0119. The van der Waals surface area contributed by atoms with Gasteiger partial charge in [-0.15, -0.1) is 0 Å². The Morgan fingerprint density at radius 2 is 1.74 bits per heavy atom. The van der Waals surface area contributed by atoms with Gasteiger partial charge in [0.1, 0.15) is 23.3 Å². The average Bonchev–Trinajstić information content (AvgIpc) is 2.69. The van der Waals surface area contributed by atoms with Crippen LogP contribution in [0.25, 0.3) is 0 Å². The number of nitrogens with one attached hydrogen (secondary N) is 1. The Morgan fingerprint density at radius 1 is 1.21 bits per heavy atom. The van der Waals surface area contributed by atoms with Crippen LogP contribution in [0.15, 0.2) is 12.1 Å². The van der Waals surface area contributed by atoms with Crippen LogP contribution < -0.4 is 5.32 Å². The maximum Gasteiger partial charge on any atom is 0.144 e. The first-order valence-corrected chi connectivity index (χ1v) is 6.40. The van der Waals surface area contributed by atoms with Gasteiger partial charge in [0, 0.05) is 12.1 Å². The fraction of sp³-hybridized carbons (Fsp3) is 0.500. The minimum Gasteiger partial charge on any atom is -0.385 e. The maximum absolute atomic E-state index is 13.7. The van der Waals surface area contributed by atoms with Crippen LogP contribution in [0.1, 0.15) is 36.8 Å². The molecule has 3 rings (SSSR count). The lowest BCUT2D eigenvalue weighted by Crippen LogP contribution is -2.46. The van der Waals surface area contributed by atoms with Crippen molar-refractivity contribution in [3.05, 3.63) is 34.9 Å². The molecule has 2 saturated heterocycles. The molecular formula is C14H14F2N2O. The first-order chi connectivity index (χ1) is 9.01. The quantitative estimate of drug-likeness (QED) is 0.815. The van der Waals surface area contributed by atoms with Crippen LogP contribution in [0.5, 0.6) is 0 Å². The maximum atomic E-state index is 13.7. The third-order valence-corrected chi connectivity index (χ3v) is 4.19. The third-order valence-electron chi connectivity index (χ3n) is 4.19. The number of nitrogens with zero attached hydrogens (tertiary/aromatic N) is 1. The Hall–Kier alpha value is -1.51. The van der Waals surface area contributed by atoms with Gasteiger partial charge in [-0.3, -0.25) is 0 Å². The molecule has 3 nitrogen and oxygen atoms in total. The summed E-state index contributed by atoms with van der Waals surface area (Å²) in [6.07, 6.45) is 2.87. The van der Waals surface area contributed by atoms with E-state index in [9.17, 15) is 13.9 Å². The molecule has 0 aliphatic carbocycles. The summed E-state index contributed by atoms with van der Waals surface area (Å²) < 4.78 is 27.3. The van der Waals surface area contributed by atoms with Crippen LogP contribution in [0.3, 0.4) is 0 Å².